The van der Waals surface area contributed by atoms with Crippen LogP contribution in [0, 0.1) is 5.82 Å². The second-order valence-electron chi connectivity index (χ2n) is 4.19. The largest absolute Gasteiger partial charge is 0.393 e. The van der Waals surface area contributed by atoms with E-state index in [4.69, 9.17) is 0 Å². The minimum absolute atomic E-state index is 0.266. The molecule has 0 heterocycles. The van der Waals surface area contributed by atoms with Gasteiger partial charge in [-0.1, -0.05) is 15.9 Å². The van der Waals surface area contributed by atoms with Gasteiger partial charge in [-0.15, -0.1) is 0 Å². The highest BCUT2D eigenvalue weighted by molar-refractivity contribution is 9.10. The van der Waals surface area contributed by atoms with Crippen LogP contribution in [0.5, 0.6) is 0 Å². The molecule has 1 rings (SSSR count). The van der Waals surface area contributed by atoms with Gasteiger partial charge in [0.2, 0.25) is 0 Å². The Morgan fingerprint density at radius 2 is 2.12 bits per heavy atom. The van der Waals surface area contributed by atoms with Crippen molar-refractivity contribution in [3.63, 3.8) is 0 Å². The van der Waals surface area contributed by atoms with Gasteiger partial charge >= 0.3 is 0 Å². The maximum absolute atomic E-state index is 13.0. The number of nitrogens with zero attached hydrogens (tertiary/aromatic N) is 1. The highest BCUT2D eigenvalue weighted by atomic mass is 79.9. The summed E-state index contributed by atoms with van der Waals surface area (Å²) in [6, 6.07) is 4.53. The van der Waals surface area contributed by atoms with E-state index >= 15 is 0 Å². The SMILES string of the molecule is CN(C)CCC(O)Cc1cc(F)ccc1Br. The van der Waals surface area contributed by atoms with Crippen molar-refractivity contribution in [1.29, 1.82) is 0 Å². The molecule has 1 N–H and O–H groups in total. The molecule has 1 atom stereocenters. The Morgan fingerprint density at radius 1 is 1.44 bits per heavy atom. The molecule has 90 valence electrons. The van der Waals surface area contributed by atoms with Crippen LogP contribution >= 0.6 is 15.9 Å². The first-order chi connectivity index (χ1) is 7.49. The third-order valence-corrected chi connectivity index (χ3v) is 3.15. The number of hydrogen-bond acceptors (Lipinski definition) is 2. The molecule has 0 radical (unpaired) electrons. The molecular weight excluding hydrogens is 273 g/mol. The molecule has 0 saturated heterocycles. The minimum Gasteiger partial charge on any atom is -0.393 e. The van der Waals surface area contributed by atoms with Crippen molar-refractivity contribution in [2.75, 3.05) is 20.6 Å². The van der Waals surface area contributed by atoms with Crippen LogP contribution in [0.15, 0.2) is 22.7 Å². The molecule has 0 aliphatic rings. The fraction of sp³-hybridized carbons (Fsp3) is 0.500. The van der Waals surface area contributed by atoms with Gasteiger partial charge in [0, 0.05) is 4.47 Å². The Hall–Kier alpha value is -0.450. The summed E-state index contributed by atoms with van der Waals surface area (Å²) in [5.41, 5.74) is 0.811. The summed E-state index contributed by atoms with van der Waals surface area (Å²) < 4.78 is 13.8. The van der Waals surface area contributed by atoms with Crippen molar-refractivity contribution in [2.24, 2.45) is 0 Å². The van der Waals surface area contributed by atoms with Crippen molar-refractivity contribution in [3.8, 4) is 0 Å². The molecule has 0 amide bonds. The minimum atomic E-state index is -0.430. The van der Waals surface area contributed by atoms with Crippen molar-refractivity contribution in [3.05, 3.63) is 34.1 Å². The molecule has 0 aliphatic heterocycles. The fourth-order valence-electron chi connectivity index (χ4n) is 1.46. The molecule has 0 spiro atoms. The predicted molar refractivity (Wildman–Crippen MR) is 67.0 cm³/mol. The van der Waals surface area contributed by atoms with E-state index in [1.54, 1.807) is 6.07 Å². The third kappa shape index (κ3) is 4.60. The Morgan fingerprint density at radius 3 is 2.75 bits per heavy atom. The van der Waals surface area contributed by atoms with Gasteiger partial charge in [0.25, 0.3) is 0 Å². The first-order valence-corrected chi connectivity index (χ1v) is 6.05. The third-order valence-electron chi connectivity index (χ3n) is 2.37. The number of halogens is 2. The fourth-order valence-corrected chi connectivity index (χ4v) is 1.87. The first-order valence-electron chi connectivity index (χ1n) is 5.25. The van der Waals surface area contributed by atoms with Crippen LogP contribution in [0.1, 0.15) is 12.0 Å². The lowest BCUT2D eigenvalue weighted by molar-refractivity contribution is 0.152. The van der Waals surface area contributed by atoms with E-state index in [2.05, 4.69) is 15.9 Å². The summed E-state index contributed by atoms with van der Waals surface area (Å²) in [5, 5.41) is 9.80. The molecule has 1 aromatic carbocycles. The highest BCUT2D eigenvalue weighted by Gasteiger charge is 2.09. The highest BCUT2D eigenvalue weighted by Crippen LogP contribution is 2.20. The topological polar surface area (TPSA) is 23.5 Å². The van der Waals surface area contributed by atoms with Gasteiger partial charge in [-0.2, -0.15) is 0 Å². The standard InChI is InChI=1S/C12H17BrFNO/c1-15(2)6-5-11(16)8-9-7-10(14)3-4-12(9)13/h3-4,7,11,16H,5-6,8H2,1-2H3. The Bertz CT molecular complexity index is 344. The molecule has 0 bridgehead atoms. The maximum atomic E-state index is 13.0. The molecule has 0 saturated carbocycles. The van der Waals surface area contributed by atoms with Crippen molar-refractivity contribution in [2.45, 2.75) is 18.9 Å². The summed E-state index contributed by atoms with van der Waals surface area (Å²) in [4.78, 5) is 2.02. The molecule has 4 heteroatoms. The van der Waals surface area contributed by atoms with Crippen LogP contribution in [0.3, 0.4) is 0 Å². The van der Waals surface area contributed by atoms with Crippen LogP contribution in [-0.2, 0) is 6.42 Å². The predicted octanol–water partition coefficient (Wildman–Crippen LogP) is 2.44. The van der Waals surface area contributed by atoms with Gasteiger partial charge in [0.05, 0.1) is 6.10 Å². The van der Waals surface area contributed by atoms with E-state index < -0.39 is 6.10 Å². The zero-order valence-corrected chi connectivity index (χ0v) is 11.2. The molecule has 0 aliphatic carbocycles. The zero-order valence-electron chi connectivity index (χ0n) is 9.58. The lowest BCUT2D eigenvalue weighted by atomic mass is 10.1. The van der Waals surface area contributed by atoms with E-state index in [-0.39, 0.29) is 5.82 Å². The molecule has 0 aromatic heterocycles. The molecular formula is C12H17BrFNO. The van der Waals surface area contributed by atoms with Gasteiger partial charge in [-0.05, 0) is 57.2 Å². The Kier molecular flexibility index (Phi) is 5.38. The summed E-state index contributed by atoms with van der Waals surface area (Å²) in [6.45, 7) is 0.827. The van der Waals surface area contributed by atoms with Crippen LogP contribution in [0.4, 0.5) is 4.39 Å². The van der Waals surface area contributed by atoms with Crippen LogP contribution in [-0.4, -0.2) is 36.8 Å². The monoisotopic (exact) mass is 289 g/mol. The van der Waals surface area contributed by atoms with E-state index in [1.165, 1.54) is 12.1 Å². The summed E-state index contributed by atoms with van der Waals surface area (Å²) in [5.74, 6) is -0.266. The van der Waals surface area contributed by atoms with Crippen molar-refractivity contribution < 1.29 is 9.50 Å². The van der Waals surface area contributed by atoms with Crippen LogP contribution in [0.2, 0.25) is 0 Å². The number of hydrogen-bond donors (Lipinski definition) is 1. The van der Waals surface area contributed by atoms with Crippen molar-refractivity contribution in [1.82, 2.24) is 4.90 Å². The maximum Gasteiger partial charge on any atom is 0.123 e. The van der Waals surface area contributed by atoms with E-state index in [0.717, 1.165) is 16.6 Å². The average molecular weight is 290 g/mol. The normalized spacial score (nSPS) is 13.1. The first kappa shape index (κ1) is 13.6. The molecule has 16 heavy (non-hydrogen) atoms. The van der Waals surface area contributed by atoms with E-state index in [9.17, 15) is 9.50 Å². The Labute approximate surface area is 104 Å². The Balaban J connectivity index is 2.55. The van der Waals surface area contributed by atoms with E-state index in [0.29, 0.717) is 12.8 Å². The smallest absolute Gasteiger partial charge is 0.123 e. The van der Waals surface area contributed by atoms with Gasteiger partial charge in [-0.25, -0.2) is 4.39 Å². The number of rotatable bonds is 5. The zero-order chi connectivity index (χ0) is 12.1. The van der Waals surface area contributed by atoms with Gasteiger partial charge in [0.1, 0.15) is 5.82 Å². The molecule has 1 aromatic rings. The lowest BCUT2D eigenvalue weighted by Gasteiger charge is -2.15. The summed E-state index contributed by atoms with van der Waals surface area (Å²) in [7, 11) is 3.93. The number of aliphatic hydroxyl groups excluding tert-OH is 1. The number of aliphatic hydroxyl groups is 1. The average Bonchev–Trinajstić information content (AvgIpc) is 2.20. The second-order valence-corrected chi connectivity index (χ2v) is 5.04. The van der Waals surface area contributed by atoms with Gasteiger partial charge < -0.3 is 10.0 Å². The van der Waals surface area contributed by atoms with Crippen LogP contribution < -0.4 is 0 Å². The van der Waals surface area contributed by atoms with E-state index in [1.807, 2.05) is 19.0 Å². The molecule has 2 nitrogen and oxygen atoms in total. The number of benzene rings is 1. The quantitative estimate of drug-likeness (QED) is 0.900. The van der Waals surface area contributed by atoms with Gasteiger partial charge in [0.15, 0.2) is 0 Å². The molecule has 1 unspecified atom stereocenters. The summed E-state index contributed by atoms with van der Waals surface area (Å²) >= 11 is 3.35. The summed E-state index contributed by atoms with van der Waals surface area (Å²) in [6.07, 6.45) is 0.739. The van der Waals surface area contributed by atoms with Crippen molar-refractivity contribution >= 4 is 15.9 Å². The second kappa shape index (κ2) is 6.33. The molecule has 0 fully saturated rings. The lowest BCUT2D eigenvalue weighted by Crippen LogP contribution is -2.21. The van der Waals surface area contributed by atoms with Gasteiger partial charge in [-0.3, -0.25) is 0 Å². The van der Waals surface area contributed by atoms with Crippen LogP contribution in [0.25, 0.3) is 0 Å².